The summed E-state index contributed by atoms with van der Waals surface area (Å²) >= 11 is 0. The number of ether oxygens (including phenoxy) is 1. The number of benzene rings is 1. The van der Waals surface area contributed by atoms with Crippen LogP contribution in [0.3, 0.4) is 0 Å². The average molecular weight is 373 g/mol. The summed E-state index contributed by atoms with van der Waals surface area (Å²) in [5, 5.41) is 0. The quantitative estimate of drug-likeness (QED) is 0.279. The molecule has 0 heterocycles. The van der Waals surface area contributed by atoms with Gasteiger partial charge < -0.3 is 9.16 Å². The summed E-state index contributed by atoms with van der Waals surface area (Å²) in [4.78, 5) is 11.8. The topological polar surface area (TPSA) is 35.5 Å². The summed E-state index contributed by atoms with van der Waals surface area (Å²) in [7, 11) is -1.84. The maximum absolute atomic E-state index is 11.8. The maximum atomic E-state index is 11.8. The van der Waals surface area contributed by atoms with Crippen LogP contribution in [0, 0.1) is 17.3 Å². The molecule has 1 rings (SSSR count). The molecule has 1 aromatic rings. The van der Waals surface area contributed by atoms with Gasteiger partial charge in [0.05, 0.1) is 5.41 Å². The first-order valence-electron chi connectivity index (χ1n) is 9.12. The first kappa shape index (κ1) is 22.2. The first-order chi connectivity index (χ1) is 12.1. The van der Waals surface area contributed by atoms with Crippen molar-refractivity contribution in [3.63, 3.8) is 0 Å². The van der Waals surface area contributed by atoms with E-state index in [1.165, 1.54) is 5.56 Å². The smallest absolute Gasteiger partial charge is 0.312 e. The van der Waals surface area contributed by atoms with Crippen LogP contribution in [0.1, 0.15) is 32.8 Å². The van der Waals surface area contributed by atoms with Crippen LogP contribution in [0.25, 0.3) is 0 Å². The van der Waals surface area contributed by atoms with Gasteiger partial charge in [-0.1, -0.05) is 48.2 Å². The Labute approximate surface area is 159 Å². The van der Waals surface area contributed by atoms with E-state index in [1.54, 1.807) is 0 Å². The second-order valence-corrected chi connectivity index (χ2v) is 12.2. The molecule has 0 aliphatic carbocycles. The molecule has 0 spiro atoms. The number of carbonyl (C=O) groups is 1. The summed E-state index contributed by atoms with van der Waals surface area (Å²) in [5.74, 6) is 5.89. The molecule has 1 unspecified atom stereocenters. The minimum absolute atomic E-state index is 0.102. The third-order valence-corrected chi connectivity index (χ3v) is 5.98. The highest BCUT2D eigenvalue weighted by Crippen LogP contribution is 2.17. The molecule has 0 radical (unpaired) electrons. The molecule has 3 nitrogen and oxygen atoms in total. The Morgan fingerprint density at radius 1 is 1.27 bits per heavy atom. The van der Waals surface area contributed by atoms with Crippen molar-refractivity contribution in [3.8, 4) is 11.8 Å². The highest BCUT2D eigenvalue weighted by molar-refractivity contribution is 6.71. The predicted molar refractivity (Wildman–Crippen MR) is 110 cm³/mol. The van der Waals surface area contributed by atoms with E-state index in [4.69, 9.17) is 9.16 Å². The molecule has 0 bridgehead atoms. The van der Waals surface area contributed by atoms with Gasteiger partial charge in [0.2, 0.25) is 0 Å². The van der Waals surface area contributed by atoms with Gasteiger partial charge in [-0.2, -0.15) is 0 Å². The number of hydrogen-bond donors (Lipinski definition) is 0. The van der Waals surface area contributed by atoms with E-state index in [0.717, 1.165) is 18.9 Å². The van der Waals surface area contributed by atoms with Gasteiger partial charge in [0.25, 0.3) is 0 Å². The Morgan fingerprint density at radius 3 is 2.50 bits per heavy atom. The van der Waals surface area contributed by atoms with Crippen LogP contribution in [0.2, 0.25) is 19.1 Å². The van der Waals surface area contributed by atoms with Gasteiger partial charge in [0, 0.05) is 0 Å². The summed E-state index contributed by atoms with van der Waals surface area (Å²) in [5.41, 5.74) is 0.759. The summed E-state index contributed by atoms with van der Waals surface area (Å²) in [6.07, 6.45) is 3.47. The van der Waals surface area contributed by atoms with Gasteiger partial charge >= 0.3 is 5.97 Å². The van der Waals surface area contributed by atoms with Gasteiger partial charge in [-0.25, -0.2) is 0 Å². The Morgan fingerprint density at radius 2 is 1.92 bits per heavy atom. The molecule has 0 aliphatic heterocycles. The van der Waals surface area contributed by atoms with Crippen LogP contribution in [-0.4, -0.2) is 27.0 Å². The highest BCUT2D eigenvalue weighted by Gasteiger charge is 2.25. The molecule has 0 saturated heterocycles. The molecule has 26 heavy (non-hydrogen) atoms. The second kappa shape index (κ2) is 10.3. The molecule has 0 aliphatic rings. The molecular formula is C22H32O3Si. The molecule has 0 fully saturated rings. The van der Waals surface area contributed by atoms with E-state index in [9.17, 15) is 4.79 Å². The molecule has 0 amide bonds. The third-order valence-electron chi connectivity index (χ3n) is 3.79. The van der Waals surface area contributed by atoms with Crippen LogP contribution in [0.5, 0.6) is 0 Å². The zero-order chi connectivity index (χ0) is 19.6. The second-order valence-electron chi connectivity index (χ2n) is 8.03. The van der Waals surface area contributed by atoms with Crippen molar-refractivity contribution in [2.75, 3.05) is 6.61 Å². The SMILES string of the molecule is C=CC[Si](C)(C)OC(C#CCOC(=O)C(C)(C)C)CCc1ccccc1. The molecule has 142 valence electrons. The Balaban J connectivity index is 2.70. The highest BCUT2D eigenvalue weighted by atomic mass is 28.4. The maximum Gasteiger partial charge on any atom is 0.312 e. The molecule has 1 aromatic carbocycles. The van der Waals surface area contributed by atoms with Crippen LogP contribution in [0.15, 0.2) is 43.0 Å². The number of rotatable bonds is 8. The van der Waals surface area contributed by atoms with E-state index in [-0.39, 0.29) is 18.7 Å². The lowest BCUT2D eigenvalue weighted by Crippen LogP contribution is -2.34. The Hall–Kier alpha value is -1.83. The van der Waals surface area contributed by atoms with Gasteiger partial charge in [0.15, 0.2) is 14.9 Å². The minimum Gasteiger partial charge on any atom is -0.452 e. The lowest BCUT2D eigenvalue weighted by atomic mass is 9.97. The largest absolute Gasteiger partial charge is 0.452 e. The van der Waals surface area contributed by atoms with Crippen molar-refractivity contribution in [3.05, 3.63) is 48.6 Å². The first-order valence-corrected chi connectivity index (χ1v) is 12.2. The van der Waals surface area contributed by atoms with E-state index in [1.807, 2.05) is 45.0 Å². The number of allylic oxidation sites excluding steroid dienone is 1. The summed E-state index contributed by atoms with van der Waals surface area (Å²) < 4.78 is 11.6. The fraction of sp³-hybridized carbons (Fsp3) is 0.500. The molecule has 1 atom stereocenters. The lowest BCUT2D eigenvalue weighted by Gasteiger charge is -2.25. The van der Waals surface area contributed by atoms with Crippen LogP contribution >= 0.6 is 0 Å². The van der Waals surface area contributed by atoms with Crippen LogP contribution in [0.4, 0.5) is 0 Å². The molecule has 4 heteroatoms. The number of carbonyl (C=O) groups excluding carboxylic acids is 1. The van der Waals surface area contributed by atoms with Crippen molar-refractivity contribution in [1.82, 2.24) is 0 Å². The van der Waals surface area contributed by atoms with Crippen molar-refractivity contribution in [2.45, 2.75) is 58.9 Å². The van der Waals surface area contributed by atoms with E-state index in [0.29, 0.717) is 0 Å². The van der Waals surface area contributed by atoms with Crippen molar-refractivity contribution < 1.29 is 14.0 Å². The van der Waals surface area contributed by atoms with Crippen LogP contribution in [-0.2, 0) is 20.4 Å². The fourth-order valence-electron chi connectivity index (χ4n) is 2.36. The number of hydrogen-bond acceptors (Lipinski definition) is 3. The standard InChI is InChI=1S/C22H32O3Si/c1-7-18-26(5,6)25-20(16-15-19-12-9-8-10-13-19)14-11-17-24-21(23)22(2,3)4/h7-10,12-13,20H,1,15-18H2,2-6H3. The molecule has 0 saturated carbocycles. The number of esters is 1. The van der Waals surface area contributed by atoms with E-state index in [2.05, 4.69) is 43.6 Å². The minimum atomic E-state index is -1.84. The van der Waals surface area contributed by atoms with Crippen LogP contribution < -0.4 is 0 Å². The van der Waals surface area contributed by atoms with E-state index >= 15 is 0 Å². The van der Waals surface area contributed by atoms with Crippen molar-refractivity contribution in [1.29, 1.82) is 0 Å². The van der Waals surface area contributed by atoms with Crippen molar-refractivity contribution in [2.24, 2.45) is 5.41 Å². The molecule has 0 aromatic heterocycles. The van der Waals surface area contributed by atoms with Crippen molar-refractivity contribution >= 4 is 14.3 Å². The Kier molecular flexibility index (Phi) is 8.84. The predicted octanol–water partition coefficient (Wildman–Crippen LogP) is 4.99. The van der Waals surface area contributed by atoms with Gasteiger partial charge in [-0.15, -0.1) is 6.58 Å². The molecular weight excluding hydrogens is 340 g/mol. The third kappa shape index (κ3) is 9.03. The normalized spacial score (nSPS) is 12.7. The monoisotopic (exact) mass is 372 g/mol. The van der Waals surface area contributed by atoms with Gasteiger partial charge in [-0.05, 0) is 58.3 Å². The van der Waals surface area contributed by atoms with Gasteiger partial charge in [0.1, 0.15) is 6.10 Å². The van der Waals surface area contributed by atoms with Gasteiger partial charge in [-0.3, -0.25) is 4.79 Å². The average Bonchev–Trinajstić information content (AvgIpc) is 2.55. The summed E-state index contributed by atoms with van der Waals surface area (Å²) in [6, 6.07) is 11.2. The summed E-state index contributed by atoms with van der Waals surface area (Å²) in [6.45, 7) is 13.8. The Bertz CT molecular complexity index is 633. The zero-order valence-electron chi connectivity index (χ0n) is 16.8. The fourth-order valence-corrected chi connectivity index (χ4v) is 4.10. The lowest BCUT2D eigenvalue weighted by molar-refractivity contribution is -0.151. The molecule has 0 N–H and O–H groups in total. The zero-order valence-corrected chi connectivity index (χ0v) is 17.8. The number of aryl methyl sites for hydroxylation is 1. The van der Waals surface area contributed by atoms with E-state index < -0.39 is 13.7 Å².